The third-order valence-corrected chi connectivity index (χ3v) is 8.95. The summed E-state index contributed by atoms with van der Waals surface area (Å²) in [6.45, 7) is 1.20. The largest absolute Gasteiger partial charge is 0.524 e. The lowest BCUT2D eigenvalue weighted by atomic mass is 10.3. The number of hydrogen-bond acceptors (Lipinski definition) is 5. The van der Waals surface area contributed by atoms with Crippen molar-refractivity contribution in [3.63, 3.8) is 0 Å². The first-order valence-electron chi connectivity index (χ1n) is 8.81. The molecule has 164 valence electrons. The SMILES string of the molecule is CC(=O)Oc1ccc(S(OS(=O)(=O)C(F)(F)F)(c2ccccc2)c2ccccc2)cc1. The second-order valence-corrected chi connectivity index (χ2v) is 10.7. The number of rotatable bonds is 6. The van der Waals surface area contributed by atoms with E-state index in [0.29, 0.717) is 0 Å². The predicted molar refractivity (Wildman–Crippen MR) is 109 cm³/mol. The lowest BCUT2D eigenvalue weighted by Gasteiger charge is -2.39. The molecule has 3 aromatic carbocycles. The van der Waals surface area contributed by atoms with Gasteiger partial charge in [0.25, 0.3) is 0 Å². The molecule has 0 saturated heterocycles. The van der Waals surface area contributed by atoms with Crippen LogP contribution >= 0.6 is 10.3 Å². The Morgan fingerprint density at radius 3 is 1.55 bits per heavy atom. The highest BCUT2D eigenvalue weighted by Gasteiger charge is 2.52. The predicted octanol–water partition coefficient (Wildman–Crippen LogP) is 5.67. The van der Waals surface area contributed by atoms with E-state index in [2.05, 4.69) is 0 Å². The Hall–Kier alpha value is -2.82. The van der Waals surface area contributed by atoms with Crippen LogP contribution in [0.4, 0.5) is 13.2 Å². The van der Waals surface area contributed by atoms with E-state index in [1.165, 1.54) is 55.5 Å². The number of ether oxygens (including phenoxy) is 1. The van der Waals surface area contributed by atoms with Crippen molar-refractivity contribution in [3.05, 3.63) is 84.9 Å². The molecular formula is C21H17F3O5S2. The second kappa shape index (κ2) is 8.74. The molecule has 10 heteroatoms. The monoisotopic (exact) mass is 470 g/mol. The maximum atomic E-state index is 13.4. The zero-order chi connectivity index (χ0) is 22.7. The summed E-state index contributed by atoms with van der Waals surface area (Å²) in [5, 5.41) is 0. The molecule has 31 heavy (non-hydrogen) atoms. The average molecular weight is 470 g/mol. The van der Waals surface area contributed by atoms with Gasteiger partial charge in [-0.25, -0.2) is 0 Å². The molecule has 0 fully saturated rings. The lowest BCUT2D eigenvalue weighted by molar-refractivity contribution is -0.131. The van der Waals surface area contributed by atoms with Crippen molar-refractivity contribution >= 4 is 26.4 Å². The average Bonchev–Trinajstić information content (AvgIpc) is 2.73. The van der Waals surface area contributed by atoms with Crippen LogP contribution in [0.25, 0.3) is 0 Å². The molecule has 3 aromatic rings. The zero-order valence-electron chi connectivity index (χ0n) is 16.1. The molecule has 0 unspecified atom stereocenters. The third kappa shape index (κ3) is 4.76. The summed E-state index contributed by atoms with van der Waals surface area (Å²) in [6, 6.07) is 21.2. The smallest absolute Gasteiger partial charge is 0.427 e. The van der Waals surface area contributed by atoms with E-state index in [9.17, 15) is 26.4 Å². The molecule has 0 atom stereocenters. The van der Waals surface area contributed by atoms with Crippen LogP contribution in [-0.4, -0.2) is 19.9 Å². The summed E-state index contributed by atoms with van der Waals surface area (Å²) in [6.07, 6.45) is 0. The lowest BCUT2D eigenvalue weighted by Crippen LogP contribution is -2.27. The van der Waals surface area contributed by atoms with E-state index in [1.807, 2.05) is 0 Å². The van der Waals surface area contributed by atoms with Gasteiger partial charge in [-0.05, 0) is 58.8 Å². The highest BCUT2D eigenvalue weighted by atomic mass is 32.3. The highest BCUT2D eigenvalue weighted by Crippen LogP contribution is 2.70. The first-order chi connectivity index (χ1) is 14.6. The molecular weight excluding hydrogens is 453 g/mol. The fourth-order valence-electron chi connectivity index (χ4n) is 2.79. The van der Waals surface area contributed by atoms with Gasteiger partial charge in [0.15, 0.2) is 0 Å². The standard InChI is InChI=1S/C21H17F3O5S2/c1-16(25)28-17-12-14-20(15-13-17)30(18-8-4-2-5-9-18,19-10-6-3-7-11-19)29-31(26,27)21(22,23)24/h2-15H,1H3. The van der Waals surface area contributed by atoms with Crippen LogP contribution in [0.2, 0.25) is 0 Å². The highest BCUT2D eigenvalue weighted by molar-refractivity contribution is 8.33. The van der Waals surface area contributed by atoms with Gasteiger partial charge < -0.3 is 4.74 Å². The van der Waals surface area contributed by atoms with Gasteiger partial charge in [0.2, 0.25) is 0 Å². The second-order valence-electron chi connectivity index (χ2n) is 6.22. The first-order valence-corrected chi connectivity index (χ1v) is 11.8. The topological polar surface area (TPSA) is 69.7 Å². The summed E-state index contributed by atoms with van der Waals surface area (Å²) >= 11 is 0. The van der Waals surface area contributed by atoms with Gasteiger partial charge in [0, 0.05) is 21.6 Å². The molecule has 0 N–H and O–H groups in total. The Morgan fingerprint density at radius 1 is 0.742 bits per heavy atom. The maximum absolute atomic E-state index is 13.4. The van der Waals surface area contributed by atoms with Gasteiger partial charge in [-0.15, -0.1) is 0 Å². The van der Waals surface area contributed by atoms with Gasteiger partial charge in [-0.1, -0.05) is 36.4 Å². The van der Waals surface area contributed by atoms with Crippen molar-refractivity contribution in [2.45, 2.75) is 27.1 Å². The minimum atomic E-state index is -5.98. The Balaban J connectivity index is 2.31. The summed E-state index contributed by atoms with van der Waals surface area (Å²) in [4.78, 5) is 11.9. The van der Waals surface area contributed by atoms with E-state index in [1.54, 1.807) is 36.4 Å². The van der Waals surface area contributed by atoms with E-state index in [4.69, 9.17) is 8.37 Å². The first kappa shape index (κ1) is 22.9. The van der Waals surface area contributed by atoms with Crippen molar-refractivity contribution < 1.29 is 34.7 Å². The molecule has 0 spiro atoms. The number of alkyl halides is 3. The van der Waals surface area contributed by atoms with Gasteiger partial charge in [0.1, 0.15) is 5.75 Å². The molecule has 0 bridgehead atoms. The Labute approximate surface area is 179 Å². The van der Waals surface area contributed by atoms with Crippen molar-refractivity contribution in [1.82, 2.24) is 0 Å². The normalized spacial score (nSPS) is 12.9. The molecule has 0 heterocycles. The molecule has 5 nitrogen and oxygen atoms in total. The van der Waals surface area contributed by atoms with Crippen LogP contribution in [0.5, 0.6) is 5.75 Å². The third-order valence-electron chi connectivity index (χ3n) is 4.04. The molecule has 0 radical (unpaired) electrons. The van der Waals surface area contributed by atoms with Crippen molar-refractivity contribution in [2.24, 2.45) is 0 Å². The number of esters is 1. The van der Waals surface area contributed by atoms with Gasteiger partial charge in [0.05, 0.1) is 0 Å². The Morgan fingerprint density at radius 2 is 1.16 bits per heavy atom. The molecule has 0 amide bonds. The molecule has 0 aliphatic carbocycles. The van der Waals surface area contributed by atoms with Crippen LogP contribution < -0.4 is 4.74 Å². The zero-order valence-corrected chi connectivity index (χ0v) is 17.7. The van der Waals surface area contributed by atoms with Crippen LogP contribution in [0.1, 0.15) is 6.92 Å². The van der Waals surface area contributed by atoms with E-state index >= 15 is 0 Å². The van der Waals surface area contributed by atoms with E-state index in [-0.39, 0.29) is 20.4 Å². The summed E-state index contributed by atoms with van der Waals surface area (Å²) in [7, 11) is -9.34. The van der Waals surface area contributed by atoms with Crippen LogP contribution in [0.3, 0.4) is 0 Å². The minimum absolute atomic E-state index is 0.157. The molecule has 0 aliphatic heterocycles. The molecule has 0 aliphatic rings. The van der Waals surface area contributed by atoms with E-state index in [0.717, 1.165) is 0 Å². The minimum Gasteiger partial charge on any atom is -0.427 e. The van der Waals surface area contributed by atoms with Gasteiger partial charge in [-0.2, -0.15) is 25.2 Å². The van der Waals surface area contributed by atoms with Gasteiger partial charge in [-0.3, -0.25) is 4.79 Å². The quantitative estimate of drug-likeness (QED) is 0.264. The number of carbonyl (C=O) groups excluding carboxylic acids is 1. The van der Waals surface area contributed by atoms with Crippen molar-refractivity contribution in [1.29, 1.82) is 0 Å². The number of halogens is 3. The number of carbonyl (C=O) groups is 1. The van der Waals surface area contributed by atoms with Gasteiger partial charge >= 0.3 is 21.6 Å². The maximum Gasteiger partial charge on any atom is 0.524 e. The summed E-state index contributed by atoms with van der Waals surface area (Å²) in [5.41, 5.74) is -5.62. The van der Waals surface area contributed by atoms with Crippen LogP contribution in [0, 0.1) is 0 Å². The fourth-order valence-corrected chi connectivity index (χ4v) is 7.53. The molecule has 0 saturated carbocycles. The summed E-state index contributed by atoms with van der Waals surface area (Å²) in [5.74, 6) is -0.419. The van der Waals surface area contributed by atoms with Crippen LogP contribution in [-0.2, 0) is 18.5 Å². The van der Waals surface area contributed by atoms with E-state index < -0.39 is 31.9 Å². The van der Waals surface area contributed by atoms with Crippen molar-refractivity contribution in [3.8, 4) is 5.75 Å². The fraction of sp³-hybridized carbons (Fsp3) is 0.0952. The van der Waals surface area contributed by atoms with Crippen molar-refractivity contribution in [2.75, 3.05) is 0 Å². The Kier molecular flexibility index (Phi) is 6.44. The number of hydrogen-bond donors (Lipinski definition) is 0. The molecule has 0 aromatic heterocycles. The molecule has 3 rings (SSSR count). The summed E-state index contributed by atoms with van der Waals surface area (Å²) < 4.78 is 74.6. The number of benzene rings is 3. The Bertz CT molecular complexity index is 1110. The van der Waals surface area contributed by atoms with Crippen LogP contribution in [0.15, 0.2) is 99.6 Å².